The van der Waals surface area contributed by atoms with Crippen molar-refractivity contribution in [3.8, 4) is 0 Å². The number of benzene rings is 1. The molecule has 0 bridgehead atoms. The van der Waals surface area contributed by atoms with E-state index in [-0.39, 0.29) is 12.1 Å². The number of hydrogen-bond donors (Lipinski definition) is 1. The minimum atomic E-state index is 0.124. The van der Waals surface area contributed by atoms with Crippen molar-refractivity contribution in [1.82, 2.24) is 9.55 Å². The number of fused-ring (bicyclic) bond motifs is 1. The Morgan fingerprint density at radius 3 is 2.44 bits per heavy atom. The summed E-state index contributed by atoms with van der Waals surface area (Å²) in [6, 6.07) is 4.72. The van der Waals surface area contributed by atoms with Gasteiger partial charge in [0.1, 0.15) is 0 Å². The van der Waals surface area contributed by atoms with E-state index >= 15 is 0 Å². The van der Waals surface area contributed by atoms with Crippen molar-refractivity contribution >= 4 is 11.0 Å². The molecule has 0 radical (unpaired) electrons. The molecule has 3 heteroatoms. The van der Waals surface area contributed by atoms with Crippen LogP contribution in [0.5, 0.6) is 0 Å². The molecule has 2 atom stereocenters. The molecule has 86 valence electrons. The average molecular weight is 217 g/mol. The van der Waals surface area contributed by atoms with E-state index in [9.17, 15) is 0 Å². The van der Waals surface area contributed by atoms with Gasteiger partial charge in [0.25, 0.3) is 0 Å². The fourth-order valence-corrected chi connectivity index (χ4v) is 1.86. The molecule has 0 aliphatic rings. The molecular weight excluding hydrogens is 198 g/mol. The smallest absolute Gasteiger partial charge is 0.0961 e. The van der Waals surface area contributed by atoms with Gasteiger partial charge in [-0.05, 0) is 51.0 Å². The Morgan fingerprint density at radius 1 is 1.19 bits per heavy atom. The van der Waals surface area contributed by atoms with E-state index < -0.39 is 0 Å². The Kier molecular flexibility index (Phi) is 2.72. The van der Waals surface area contributed by atoms with Crippen molar-refractivity contribution in [2.75, 3.05) is 0 Å². The van der Waals surface area contributed by atoms with Crippen LogP contribution in [0.2, 0.25) is 0 Å². The number of aryl methyl sites for hydroxylation is 2. The van der Waals surface area contributed by atoms with E-state index in [0.717, 1.165) is 5.52 Å². The summed E-state index contributed by atoms with van der Waals surface area (Å²) in [7, 11) is 0. The zero-order valence-corrected chi connectivity index (χ0v) is 10.4. The Bertz CT molecular complexity index is 511. The van der Waals surface area contributed by atoms with Gasteiger partial charge in [-0.1, -0.05) is 0 Å². The van der Waals surface area contributed by atoms with Crippen LogP contribution < -0.4 is 5.73 Å². The molecule has 0 saturated heterocycles. The van der Waals surface area contributed by atoms with Crippen molar-refractivity contribution in [2.45, 2.75) is 39.8 Å². The minimum absolute atomic E-state index is 0.124. The van der Waals surface area contributed by atoms with Crippen molar-refractivity contribution in [3.63, 3.8) is 0 Å². The summed E-state index contributed by atoms with van der Waals surface area (Å²) in [5, 5.41) is 0. The molecular formula is C13H19N3. The first-order chi connectivity index (χ1) is 7.50. The Balaban J connectivity index is 2.60. The molecule has 0 amide bonds. The first-order valence-electron chi connectivity index (χ1n) is 5.70. The lowest BCUT2D eigenvalue weighted by Crippen LogP contribution is -2.26. The summed E-state index contributed by atoms with van der Waals surface area (Å²) in [6.07, 6.45) is 1.89. The Morgan fingerprint density at radius 2 is 1.81 bits per heavy atom. The zero-order valence-electron chi connectivity index (χ0n) is 10.4. The van der Waals surface area contributed by atoms with Gasteiger partial charge in [-0.2, -0.15) is 0 Å². The topological polar surface area (TPSA) is 43.8 Å². The average Bonchev–Trinajstić information content (AvgIpc) is 2.60. The molecule has 1 aromatic carbocycles. The summed E-state index contributed by atoms with van der Waals surface area (Å²) < 4.78 is 2.16. The van der Waals surface area contributed by atoms with E-state index in [0.29, 0.717) is 0 Å². The van der Waals surface area contributed by atoms with Gasteiger partial charge in [-0.25, -0.2) is 4.98 Å². The van der Waals surface area contributed by atoms with Crippen LogP contribution in [-0.2, 0) is 0 Å². The van der Waals surface area contributed by atoms with E-state index in [1.54, 1.807) is 0 Å². The van der Waals surface area contributed by atoms with Gasteiger partial charge in [0.2, 0.25) is 0 Å². The monoisotopic (exact) mass is 217 g/mol. The lowest BCUT2D eigenvalue weighted by molar-refractivity contribution is 0.475. The van der Waals surface area contributed by atoms with E-state index in [4.69, 9.17) is 5.73 Å². The molecule has 0 spiro atoms. The fourth-order valence-electron chi connectivity index (χ4n) is 1.86. The fraction of sp³-hybridized carbons (Fsp3) is 0.462. The van der Waals surface area contributed by atoms with Crippen LogP contribution in [-0.4, -0.2) is 15.6 Å². The van der Waals surface area contributed by atoms with Crippen LogP contribution in [0, 0.1) is 13.8 Å². The molecule has 0 aliphatic heterocycles. The second-order valence-corrected chi connectivity index (χ2v) is 4.68. The molecule has 2 N–H and O–H groups in total. The Labute approximate surface area is 96.3 Å². The normalized spacial score (nSPS) is 15.3. The Hall–Kier alpha value is -1.35. The van der Waals surface area contributed by atoms with Gasteiger partial charge in [-0.15, -0.1) is 0 Å². The van der Waals surface area contributed by atoms with Crippen LogP contribution in [0.3, 0.4) is 0 Å². The van der Waals surface area contributed by atoms with E-state index in [1.165, 1.54) is 16.6 Å². The second-order valence-electron chi connectivity index (χ2n) is 4.68. The molecule has 1 aromatic heterocycles. The van der Waals surface area contributed by atoms with Gasteiger partial charge in [0.15, 0.2) is 0 Å². The number of hydrogen-bond acceptors (Lipinski definition) is 2. The van der Waals surface area contributed by atoms with Crippen molar-refractivity contribution < 1.29 is 0 Å². The first-order valence-corrected chi connectivity index (χ1v) is 5.70. The highest BCUT2D eigenvalue weighted by Gasteiger charge is 2.13. The van der Waals surface area contributed by atoms with Crippen LogP contribution in [0.1, 0.15) is 31.0 Å². The molecule has 2 unspecified atom stereocenters. The maximum absolute atomic E-state index is 5.94. The van der Waals surface area contributed by atoms with Crippen LogP contribution in [0.25, 0.3) is 11.0 Å². The summed E-state index contributed by atoms with van der Waals surface area (Å²) >= 11 is 0. The van der Waals surface area contributed by atoms with Crippen molar-refractivity contribution in [3.05, 3.63) is 29.6 Å². The molecule has 0 aliphatic carbocycles. The third kappa shape index (κ3) is 1.71. The molecule has 2 rings (SSSR count). The van der Waals surface area contributed by atoms with Gasteiger partial charge in [-0.3, -0.25) is 0 Å². The summed E-state index contributed by atoms with van der Waals surface area (Å²) in [5.41, 5.74) is 10.7. The second kappa shape index (κ2) is 3.91. The zero-order chi connectivity index (χ0) is 11.9. The van der Waals surface area contributed by atoms with Crippen LogP contribution in [0.4, 0.5) is 0 Å². The van der Waals surface area contributed by atoms with Gasteiger partial charge in [0, 0.05) is 12.1 Å². The summed E-state index contributed by atoms with van der Waals surface area (Å²) in [4.78, 5) is 4.43. The van der Waals surface area contributed by atoms with E-state index in [2.05, 4.69) is 42.5 Å². The number of nitrogens with zero attached hydrogens (tertiary/aromatic N) is 2. The largest absolute Gasteiger partial charge is 0.326 e. The molecule has 3 nitrogen and oxygen atoms in total. The first kappa shape index (κ1) is 11.1. The third-order valence-corrected chi connectivity index (χ3v) is 3.39. The quantitative estimate of drug-likeness (QED) is 0.840. The highest BCUT2D eigenvalue weighted by Crippen LogP contribution is 2.22. The molecule has 0 fully saturated rings. The molecule has 1 heterocycles. The predicted molar refractivity (Wildman–Crippen MR) is 67.6 cm³/mol. The maximum Gasteiger partial charge on any atom is 0.0961 e. The summed E-state index contributed by atoms with van der Waals surface area (Å²) in [6.45, 7) is 8.39. The van der Waals surface area contributed by atoms with Crippen LogP contribution in [0.15, 0.2) is 18.5 Å². The lowest BCUT2D eigenvalue weighted by Gasteiger charge is -2.18. The minimum Gasteiger partial charge on any atom is -0.326 e. The van der Waals surface area contributed by atoms with E-state index in [1.807, 2.05) is 13.3 Å². The molecule has 16 heavy (non-hydrogen) atoms. The number of imidazole rings is 1. The summed E-state index contributed by atoms with van der Waals surface area (Å²) in [5.74, 6) is 0. The number of rotatable bonds is 2. The van der Waals surface area contributed by atoms with Gasteiger partial charge < -0.3 is 10.3 Å². The predicted octanol–water partition coefficient (Wildman–Crippen LogP) is 2.56. The maximum atomic E-state index is 5.94. The lowest BCUT2D eigenvalue weighted by atomic mass is 10.1. The van der Waals surface area contributed by atoms with Gasteiger partial charge in [0.05, 0.1) is 17.4 Å². The third-order valence-electron chi connectivity index (χ3n) is 3.39. The highest BCUT2D eigenvalue weighted by molar-refractivity contribution is 5.77. The number of nitrogens with two attached hydrogens (primary N) is 1. The highest BCUT2D eigenvalue weighted by atomic mass is 15.1. The standard InChI is InChI=1S/C13H19N3/c1-8-5-12-13(6-9(8)2)16(7-15-12)11(4)10(3)14/h5-7,10-11H,14H2,1-4H3. The number of aromatic nitrogens is 2. The molecule has 0 saturated carbocycles. The molecule has 2 aromatic rings. The van der Waals surface area contributed by atoms with Crippen molar-refractivity contribution in [2.24, 2.45) is 5.73 Å². The van der Waals surface area contributed by atoms with Gasteiger partial charge >= 0.3 is 0 Å². The van der Waals surface area contributed by atoms with Crippen molar-refractivity contribution in [1.29, 1.82) is 0 Å². The van der Waals surface area contributed by atoms with Crippen LogP contribution >= 0.6 is 0 Å². The SMILES string of the molecule is Cc1cc2ncn(C(C)C(C)N)c2cc1C.